The summed E-state index contributed by atoms with van der Waals surface area (Å²) in [6.07, 6.45) is -2.83. The molecule has 2 rings (SSSR count). The second kappa shape index (κ2) is 7.76. The molecule has 0 aliphatic heterocycles. The molecule has 2 aromatic rings. The number of rotatable bonds is 7. The van der Waals surface area contributed by atoms with Crippen molar-refractivity contribution in [3.8, 4) is 5.75 Å². The Kier molecular flexibility index (Phi) is 5.73. The fourth-order valence-corrected chi connectivity index (χ4v) is 2.44. The quantitative estimate of drug-likeness (QED) is 0.720. The van der Waals surface area contributed by atoms with E-state index in [9.17, 15) is 18.4 Å². The lowest BCUT2D eigenvalue weighted by Gasteiger charge is -2.07. The molecule has 0 atom stereocenters. The monoisotopic (exact) mass is 339 g/mol. The van der Waals surface area contributed by atoms with Crippen LogP contribution in [0.1, 0.15) is 23.0 Å². The molecule has 2 amide bonds. The summed E-state index contributed by atoms with van der Waals surface area (Å²) in [7, 11) is 1.53. The third-order valence-corrected chi connectivity index (χ3v) is 3.55. The molecule has 0 radical (unpaired) electrons. The minimum atomic E-state index is -3.06. The Bertz CT molecular complexity index is 743. The van der Waals surface area contributed by atoms with Gasteiger partial charge in [0.25, 0.3) is 11.8 Å². The number of aromatic nitrogens is 1. The number of carbonyl (C=O) groups is 2. The van der Waals surface area contributed by atoms with Gasteiger partial charge in [-0.3, -0.25) is 9.59 Å². The molecule has 0 fully saturated rings. The molecule has 3 N–H and O–H groups in total. The summed E-state index contributed by atoms with van der Waals surface area (Å²) < 4.78 is 29.7. The molecule has 0 bridgehead atoms. The summed E-state index contributed by atoms with van der Waals surface area (Å²) >= 11 is 0. The van der Waals surface area contributed by atoms with Gasteiger partial charge in [-0.1, -0.05) is 0 Å². The van der Waals surface area contributed by atoms with E-state index in [2.05, 4.69) is 15.6 Å². The van der Waals surface area contributed by atoms with Gasteiger partial charge in [-0.2, -0.15) is 8.78 Å². The van der Waals surface area contributed by atoms with Crippen LogP contribution >= 0.6 is 0 Å². The van der Waals surface area contributed by atoms with Crippen LogP contribution in [0, 0.1) is 0 Å². The number of amides is 2. The van der Waals surface area contributed by atoms with Crippen molar-refractivity contribution in [3.63, 3.8) is 0 Å². The maximum absolute atomic E-state index is 12.3. The first-order valence-electron chi connectivity index (χ1n) is 7.50. The third kappa shape index (κ3) is 3.81. The zero-order valence-electron chi connectivity index (χ0n) is 13.4. The van der Waals surface area contributed by atoms with Gasteiger partial charge in [0, 0.05) is 24.0 Å². The predicted molar refractivity (Wildman–Crippen MR) is 85.6 cm³/mol. The average Bonchev–Trinajstić information content (AvgIpc) is 2.92. The number of hydrogen-bond acceptors (Lipinski definition) is 3. The molecule has 0 saturated heterocycles. The Morgan fingerprint density at radius 3 is 2.67 bits per heavy atom. The van der Waals surface area contributed by atoms with Crippen LogP contribution in [0.3, 0.4) is 0 Å². The van der Waals surface area contributed by atoms with Crippen LogP contribution in [-0.2, 0) is 11.2 Å². The van der Waals surface area contributed by atoms with E-state index >= 15 is 0 Å². The van der Waals surface area contributed by atoms with E-state index < -0.39 is 12.3 Å². The van der Waals surface area contributed by atoms with Crippen LogP contribution in [0.2, 0.25) is 0 Å². The minimum absolute atomic E-state index is 0.000257. The topological polar surface area (TPSA) is 83.2 Å². The normalized spacial score (nSPS) is 10.9. The first-order chi connectivity index (χ1) is 11.5. The van der Waals surface area contributed by atoms with Crippen molar-refractivity contribution >= 4 is 22.7 Å². The Morgan fingerprint density at radius 2 is 2.04 bits per heavy atom. The van der Waals surface area contributed by atoms with Gasteiger partial charge in [-0.05, 0) is 37.1 Å². The van der Waals surface area contributed by atoms with E-state index in [1.807, 2.05) is 0 Å². The number of benzene rings is 1. The number of methoxy groups -OCH3 is 1. The molecule has 0 unspecified atom stereocenters. The second-order valence-corrected chi connectivity index (χ2v) is 5.09. The molecule has 1 aromatic heterocycles. The number of ether oxygens (including phenoxy) is 1. The van der Waals surface area contributed by atoms with E-state index in [1.165, 1.54) is 7.11 Å². The fraction of sp³-hybridized carbons (Fsp3) is 0.375. The minimum Gasteiger partial charge on any atom is -0.497 e. The van der Waals surface area contributed by atoms with Crippen LogP contribution < -0.4 is 15.4 Å². The third-order valence-electron chi connectivity index (χ3n) is 3.55. The Morgan fingerprint density at radius 1 is 1.29 bits per heavy atom. The van der Waals surface area contributed by atoms with Crippen LogP contribution in [0.5, 0.6) is 5.75 Å². The molecule has 8 heteroatoms. The van der Waals surface area contributed by atoms with Gasteiger partial charge in [0.15, 0.2) is 0 Å². The van der Waals surface area contributed by atoms with Crippen molar-refractivity contribution in [1.82, 2.24) is 15.6 Å². The molecular weight excluding hydrogens is 320 g/mol. The lowest BCUT2D eigenvalue weighted by Crippen LogP contribution is -2.31. The molecule has 1 aromatic carbocycles. The van der Waals surface area contributed by atoms with Crippen molar-refractivity contribution in [3.05, 3.63) is 29.5 Å². The number of alkyl halides is 2. The Hall–Kier alpha value is -2.64. The van der Waals surface area contributed by atoms with Crippen molar-refractivity contribution in [2.75, 3.05) is 20.2 Å². The van der Waals surface area contributed by atoms with E-state index in [0.29, 0.717) is 23.6 Å². The lowest BCUT2D eigenvalue weighted by molar-refractivity contribution is -0.131. The number of halogens is 2. The van der Waals surface area contributed by atoms with Crippen molar-refractivity contribution in [2.45, 2.75) is 19.8 Å². The number of carbonyl (C=O) groups excluding carboxylic acids is 2. The van der Waals surface area contributed by atoms with Crippen molar-refractivity contribution < 1.29 is 23.1 Å². The largest absolute Gasteiger partial charge is 0.497 e. The summed E-state index contributed by atoms with van der Waals surface area (Å²) in [4.78, 5) is 26.2. The van der Waals surface area contributed by atoms with Gasteiger partial charge < -0.3 is 20.4 Å². The lowest BCUT2D eigenvalue weighted by atomic mass is 10.1. The Balaban J connectivity index is 2.33. The molecule has 1 heterocycles. The number of aromatic amines is 1. The SMILES string of the molecule is CCNC(=O)c1[nH]c2ccc(OC)cc2c1CCNC(=O)C(F)F. The van der Waals surface area contributed by atoms with E-state index in [4.69, 9.17) is 4.74 Å². The molecule has 0 spiro atoms. The fourth-order valence-electron chi connectivity index (χ4n) is 2.44. The second-order valence-electron chi connectivity index (χ2n) is 5.09. The summed E-state index contributed by atoms with van der Waals surface area (Å²) in [5, 5.41) is 5.60. The molecule has 6 nitrogen and oxygen atoms in total. The molecular formula is C16H19F2N3O3. The number of nitrogens with one attached hydrogen (secondary N) is 3. The van der Waals surface area contributed by atoms with Crippen LogP contribution in [0.15, 0.2) is 18.2 Å². The Labute approximate surface area is 137 Å². The molecule has 130 valence electrons. The van der Waals surface area contributed by atoms with Gasteiger partial charge in [0.05, 0.1) is 7.11 Å². The highest BCUT2D eigenvalue weighted by Gasteiger charge is 2.19. The molecule has 24 heavy (non-hydrogen) atoms. The smallest absolute Gasteiger partial charge is 0.315 e. The number of hydrogen-bond donors (Lipinski definition) is 3. The zero-order chi connectivity index (χ0) is 17.7. The molecule has 0 saturated carbocycles. The highest BCUT2D eigenvalue weighted by atomic mass is 19.3. The molecule has 0 aliphatic carbocycles. The first-order valence-corrected chi connectivity index (χ1v) is 7.50. The summed E-state index contributed by atoms with van der Waals surface area (Å²) in [5.41, 5.74) is 1.73. The summed E-state index contributed by atoms with van der Waals surface area (Å²) in [6, 6.07) is 5.29. The number of fused-ring (bicyclic) bond motifs is 1. The highest BCUT2D eigenvalue weighted by Crippen LogP contribution is 2.27. The van der Waals surface area contributed by atoms with Crippen LogP contribution in [0.4, 0.5) is 8.78 Å². The molecule has 0 aliphatic rings. The average molecular weight is 339 g/mol. The van der Waals surface area contributed by atoms with Gasteiger partial charge in [0.1, 0.15) is 11.4 Å². The van der Waals surface area contributed by atoms with Gasteiger partial charge in [0.2, 0.25) is 0 Å². The predicted octanol–water partition coefficient (Wildman–Crippen LogP) is 1.85. The van der Waals surface area contributed by atoms with E-state index in [0.717, 1.165) is 10.9 Å². The van der Waals surface area contributed by atoms with Gasteiger partial charge >= 0.3 is 6.43 Å². The standard InChI is InChI=1S/C16H19F2N3O3/c1-3-19-15(22)13-10(6-7-20-16(23)14(17)18)11-8-9(24-2)4-5-12(11)21-13/h4-5,8,14,21H,3,6-7H2,1-2H3,(H,19,22)(H,20,23). The summed E-state index contributed by atoms with van der Waals surface area (Å²) in [5.74, 6) is -1.00. The summed E-state index contributed by atoms with van der Waals surface area (Å²) in [6.45, 7) is 2.25. The first kappa shape index (κ1) is 17.7. The van der Waals surface area contributed by atoms with Crippen LogP contribution in [-0.4, -0.2) is 43.4 Å². The van der Waals surface area contributed by atoms with E-state index in [1.54, 1.807) is 25.1 Å². The van der Waals surface area contributed by atoms with Gasteiger partial charge in [-0.15, -0.1) is 0 Å². The maximum Gasteiger partial charge on any atom is 0.315 e. The van der Waals surface area contributed by atoms with Crippen molar-refractivity contribution in [2.24, 2.45) is 0 Å². The van der Waals surface area contributed by atoms with Gasteiger partial charge in [-0.25, -0.2) is 0 Å². The van der Waals surface area contributed by atoms with Crippen molar-refractivity contribution in [1.29, 1.82) is 0 Å². The van der Waals surface area contributed by atoms with E-state index in [-0.39, 0.29) is 18.9 Å². The maximum atomic E-state index is 12.3. The number of H-pyrrole nitrogens is 1. The highest BCUT2D eigenvalue weighted by molar-refractivity contribution is 6.01. The zero-order valence-corrected chi connectivity index (χ0v) is 13.4. The van der Waals surface area contributed by atoms with Crippen LogP contribution in [0.25, 0.3) is 10.9 Å².